The van der Waals surface area contributed by atoms with E-state index in [0.717, 1.165) is 6.42 Å². The van der Waals surface area contributed by atoms with Gasteiger partial charge in [0.05, 0.1) is 5.41 Å². The van der Waals surface area contributed by atoms with Crippen molar-refractivity contribution < 1.29 is 19.1 Å². The van der Waals surface area contributed by atoms with Crippen LogP contribution < -0.4 is 0 Å². The Labute approximate surface area is 105 Å². The minimum atomic E-state index is -0.600. The third kappa shape index (κ3) is 1.23. The first-order valence-electron chi connectivity index (χ1n) is 6.39. The molecule has 3 aliphatic rings. The number of hydrogen-bond donors (Lipinski definition) is 0. The van der Waals surface area contributed by atoms with Gasteiger partial charge >= 0.3 is 5.97 Å². The first-order chi connectivity index (χ1) is 8.46. The quantitative estimate of drug-likeness (QED) is 0.545. The standard InChI is InChI=1S/C14H16O4/c1-7(15)3-5-9-8-4-6-10(16)12-11(8)14(9,2)13(17)18-12/h3,5,8-9,11-12H,4,6H2,1-2H3. The van der Waals surface area contributed by atoms with Crippen molar-refractivity contribution in [1.29, 1.82) is 0 Å². The zero-order valence-corrected chi connectivity index (χ0v) is 10.5. The minimum absolute atomic E-state index is 0.0168. The van der Waals surface area contributed by atoms with Crippen molar-refractivity contribution >= 4 is 17.5 Å². The zero-order chi connectivity index (χ0) is 13.1. The maximum Gasteiger partial charge on any atom is 0.313 e. The van der Waals surface area contributed by atoms with Crippen LogP contribution in [0, 0.1) is 23.2 Å². The van der Waals surface area contributed by atoms with Gasteiger partial charge in [0.25, 0.3) is 0 Å². The largest absolute Gasteiger partial charge is 0.454 e. The fourth-order valence-corrected chi connectivity index (χ4v) is 4.00. The first kappa shape index (κ1) is 11.6. The van der Waals surface area contributed by atoms with Crippen molar-refractivity contribution in [3.05, 3.63) is 12.2 Å². The van der Waals surface area contributed by atoms with Crippen LogP contribution in [0.2, 0.25) is 0 Å². The van der Waals surface area contributed by atoms with Crippen LogP contribution >= 0.6 is 0 Å². The van der Waals surface area contributed by atoms with Gasteiger partial charge in [-0.2, -0.15) is 0 Å². The molecule has 0 aromatic carbocycles. The molecule has 4 nitrogen and oxygen atoms in total. The minimum Gasteiger partial charge on any atom is -0.454 e. The summed E-state index contributed by atoms with van der Waals surface area (Å²) >= 11 is 0. The first-order valence-corrected chi connectivity index (χ1v) is 6.39. The van der Waals surface area contributed by atoms with Gasteiger partial charge in [0.15, 0.2) is 17.7 Å². The number of carbonyl (C=O) groups is 3. The van der Waals surface area contributed by atoms with Crippen LogP contribution in [0.1, 0.15) is 26.7 Å². The predicted molar refractivity (Wildman–Crippen MR) is 62.5 cm³/mol. The second-order valence-corrected chi connectivity index (χ2v) is 5.80. The summed E-state index contributed by atoms with van der Waals surface area (Å²) in [6.07, 6.45) is 4.13. The molecule has 1 saturated heterocycles. The molecular formula is C14H16O4. The Bertz CT molecular complexity index is 478. The summed E-state index contributed by atoms with van der Waals surface area (Å²) in [5, 5.41) is 0. The summed E-state index contributed by atoms with van der Waals surface area (Å²) in [6, 6.07) is 0. The van der Waals surface area contributed by atoms with Gasteiger partial charge in [-0.15, -0.1) is 0 Å². The van der Waals surface area contributed by atoms with E-state index in [-0.39, 0.29) is 29.4 Å². The number of ether oxygens (including phenoxy) is 1. The highest BCUT2D eigenvalue weighted by atomic mass is 16.6. The molecule has 2 saturated carbocycles. The van der Waals surface area contributed by atoms with E-state index in [0.29, 0.717) is 12.3 Å². The van der Waals surface area contributed by atoms with Crippen molar-refractivity contribution in [2.45, 2.75) is 32.8 Å². The Morgan fingerprint density at radius 1 is 1.44 bits per heavy atom. The second-order valence-electron chi connectivity index (χ2n) is 5.80. The van der Waals surface area contributed by atoms with Gasteiger partial charge in [-0.25, -0.2) is 0 Å². The molecule has 5 unspecified atom stereocenters. The molecule has 0 N–H and O–H groups in total. The van der Waals surface area contributed by atoms with E-state index < -0.39 is 11.5 Å². The average molecular weight is 248 g/mol. The fraction of sp³-hybridized carbons (Fsp3) is 0.643. The van der Waals surface area contributed by atoms with E-state index in [9.17, 15) is 14.4 Å². The molecule has 96 valence electrons. The van der Waals surface area contributed by atoms with Crippen LogP contribution in [0.3, 0.4) is 0 Å². The molecule has 3 fully saturated rings. The van der Waals surface area contributed by atoms with Gasteiger partial charge in [-0.1, -0.05) is 6.08 Å². The summed E-state index contributed by atoms with van der Waals surface area (Å²) in [5.74, 6) is 0.131. The second kappa shape index (κ2) is 3.53. The van der Waals surface area contributed by atoms with E-state index >= 15 is 0 Å². The molecule has 1 aliphatic heterocycles. The van der Waals surface area contributed by atoms with Crippen LogP contribution in [0.25, 0.3) is 0 Å². The van der Waals surface area contributed by atoms with Gasteiger partial charge in [0.2, 0.25) is 0 Å². The van der Waals surface area contributed by atoms with Crippen molar-refractivity contribution in [2.24, 2.45) is 23.2 Å². The van der Waals surface area contributed by atoms with Crippen molar-refractivity contribution in [3.8, 4) is 0 Å². The highest BCUT2D eigenvalue weighted by Crippen LogP contribution is 2.65. The Morgan fingerprint density at radius 3 is 2.83 bits per heavy atom. The number of rotatable bonds is 2. The molecule has 0 bridgehead atoms. The maximum absolute atomic E-state index is 12.0. The normalized spacial score (nSPS) is 45.7. The molecule has 3 rings (SSSR count). The molecule has 1 heterocycles. The Hall–Kier alpha value is -1.45. The number of allylic oxidation sites excluding steroid dienone is 2. The lowest BCUT2D eigenvalue weighted by atomic mass is 9.44. The van der Waals surface area contributed by atoms with Gasteiger partial charge in [0, 0.05) is 12.3 Å². The number of hydrogen-bond acceptors (Lipinski definition) is 4. The Morgan fingerprint density at radius 2 is 2.17 bits per heavy atom. The van der Waals surface area contributed by atoms with Crippen molar-refractivity contribution in [3.63, 3.8) is 0 Å². The maximum atomic E-state index is 12.0. The third-order valence-electron chi connectivity index (χ3n) is 4.89. The molecule has 0 aromatic rings. The number of carbonyl (C=O) groups excluding carboxylic acids is 3. The van der Waals surface area contributed by atoms with Gasteiger partial charge < -0.3 is 4.74 Å². The SMILES string of the molecule is CC(=O)C=CC1C2CCC(=O)C3OC(=O)C1(C)C32. The summed E-state index contributed by atoms with van der Waals surface area (Å²) in [7, 11) is 0. The number of Topliss-reactive ketones (excluding diaryl/α,β-unsaturated/α-hetero) is 1. The van der Waals surface area contributed by atoms with E-state index in [1.165, 1.54) is 13.0 Å². The van der Waals surface area contributed by atoms with E-state index in [1.54, 1.807) is 0 Å². The lowest BCUT2D eigenvalue weighted by Gasteiger charge is -2.55. The van der Waals surface area contributed by atoms with E-state index in [4.69, 9.17) is 4.74 Å². The van der Waals surface area contributed by atoms with Crippen LogP contribution in [-0.2, 0) is 19.1 Å². The van der Waals surface area contributed by atoms with Gasteiger partial charge in [-0.3, -0.25) is 14.4 Å². The predicted octanol–water partition coefficient (Wildman–Crippen LogP) is 1.29. The molecule has 2 aliphatic carbocycles. The van der Waals surface area contributed by atoms with Crippen LogP contribution in [0.5, 0.6) is 0 Å². The Balaban J connectivity index is 1.94. The lowest BCUT2D eigenvalue weighted by molar-refractivity contribution is -0.155. The molecule has 0 aromatic heterocycles. The molecule has 5 atom stereocenters. The van der Waals surface area contributed by atoms with Gasteiger partial charge in [-0.05, 0) is 38.2 Å². The highest BCUT2D eigenvalue weighted by Gasteiger charge is 2.72. The average Bonchev–Trinajstić information content (AvgIpc) is 2.53. The Kier molecular flexibility index (Phi) is 2.28. The fourth-order valence-electron chi connectivity index (χ4n) is 4.00. The van der Waals surface area contributed by atoms with E-state index in [2.05, 4.69) is 0 Å². The number of ketones is 2. The smallest absolute Gasteiger partial charge is 0.313 e. The molecule has 0 amide bonds. The van der Waals surface area contributed by atoms with E-state index in [1.807, 2.05) is 13.0 Å². The summed E-state index contributed by atoms with van der Waals surface area (Å²) in [4.78, 5) is 34.8. The van der Waals surface area contributed by atoms with Crippen molar-refractivity contribution in [1.82, 2.24) is 0 Å². The molecule has 4 heteroatoms. The lowest BCUT2D eigenvalue weighted by Crippen LogP contribution is -2.59. The van der Waals surface area contributed by atoms with Crippen LogP contribution in [-0.4, -0.2) is 23.6 Å². The molecular weight excluding hydrogens is 232 g/mol. The summed E-state index contributed by atoms with van der Waals surface area (Å²) < 4.78 is 5.26. The zero-order valence-electron chi connectivity index (χ0n) is 10.5. The number of esters is 1. The van der Waals surface area contributed by atoms with Crippen LogP contribution in [0.4, 0.5) is 0 Å². The molecule has 0 radical (unpaired) electrons. The molecule has 0 spiro atoms. The monoisotopic (exact) mass is 248 g/mol. The summed E-state index contributed by atoms with van der Waals surface area (Å²) in [6.45, 7) is 3.36. The summed E-state index contributed by atoms with van der Waals surface area (Å²) in [5.41, 5.74) is -0.600. The highest BCUT2D eigenvalue weighted by molar-refractivity contribution is 5.94. The van der Waals surface area contributed by atoms with Crippen LogP contribution in [0.15, 0.2) is 12.2 Å². The van der Waals surface area contributed by atoms with Crippen molar-refractivity contribution in [2.75, 3.05) is 0 Å². The topological polar surface area (TPSA) is 60.4 Å². The van der Waals surface area contributed by atoms with Gasteiger partial charge in [0.1, 0.15) is 0 Å². The third-order valence-corrected chi connectivity index (χ3v) is 4.89. The molecule has 18 heavy (non-hydrogen) atoms.